The number of amides is 1. The Morgan fingerprint density at radius 2 is 2.04 bits per heavy atom. The van der Waals surface area contributed by atoms with Crippen LogP contribution in [0, 0.1) is 0 Å². The molecule has 2 heterocycles. The number of hydrogen-bond acceptors (Lipinski definition) is 7. The summed E-state index contributed by atoms with van der Waals surface area (Å²) in [6.07, 6.45) is 2.06. The van der Waals surface area contributed by atoms with Crippen molar-refractivity contribution in [3.63, 3.8) is 0 Å². The highest BCUT2D eigenvalue weighted by Crippen LogP contribution is 2.21. The maximum absolute atomic E-state index is 12.1. The molecule has 0 aliphatic heterocycles. The number of aromatic nitrogens is 3. The van der Waals surface area contributed by atoms with E-state index in [1.807, 2.05) is 30.3 Å². The maximum Gasteiger partial charge on any atom is 0.259 e. The second-order valence-electron chi connectivity index (χ2n) is 5.25. The fourth-order valence-electron chi connectivity index (χ4n) is 2.33. The third-order valence-electron chi connectivity index (χ3n) is 3.55. The highest BCUT2D eigenvalue weighted by Gasteiger charge is 2.12. The molecule has 0 bridgehead atoms. The number of anilines is 2. The summed E-state index contributed by atoms with van der Waals surface area (Å²) in [6.45, 7) is 0.0644. The van der Waals surface area contributed by atoms with E-state index in [0.29, 0.717) is 22.9 Å². The van der Waals surface area contributed by atoms with Gasteiger partial charge in [-0.1, -0.05) is 41.7 Å². The van der Waals surface area contributed by atoms with Crippen LogP contribution in [0.25, 0.3) is 0 Å². The van der Waals surface area contributed by atoms with E-state index >= 15 is 0 Å². The third-order valence-corrected chi connectivity index (χ3v) is 4.15. The monoisotopic (exact) mass is 355 g/mol. The maximum atomic E-state index is 12.1. The average Bonchev–Trinajstić information content (AvgIpc) is 3.15. The molecule has 0 spiro atoms. The molecule has 0 saturated carbocycles. The number of carbonyl (C=O) groups is 1. The number of carbonyl (C=O) groups excluding carboxylic acids is 1. The fraction of sp³-hybridized carbons (Fsp3) is 0.176. The Morgan fingerprint density at radius 3 is 2.68 bits per heavy atom. The van der Waals surface area contributed by atoms with Crippen molar-refractivity contribution >= 4 is 28.2 Å². The van der Waals surface area contributed by atoms with E-state index in [0.717, 1.165) is 5.56 Å². The first-order chi connectivity index (χ1) is 12.3. The zero-order valence-corrected chi connectivity index (χ0v) is 14.1. The van der Waals surface area contributed by atoms with E-state index in [2.05, 4.69) is 25.8 Å². The van der Waals surface area contributed by atoms with Crippen molar-refractivity contribution in [3.05, 3.63) is 65.3 Å². The number of aliphatic hydroxyl groups is 1. The molecule has 0 unspecified atom stereocenters. The number of pyridine rings is 1. The molecule has 0 fully saturated rings. The SMILES string of the molecule is O=C(Nc1nncs1)c1ccc(N[C@H](CCO)c2ccccc2)nc1. The molecule has 3 aromatic rings. The molecule has 25 heavy (non-hydrogen) atoms. The van der Waals surface area contributed by atoms with E-state index in [1.165, 1.54) is 17.5 Å². The lowest BCUT2D eigenvalue weighted by Gasteiger charge is -2.19. The zero-order chi connectivity index (χ0) is 17.5. The summed E-state index contributed by atoms with van der Waals surface area (Å²) in [5.41, 5.74) is 3.04. The standard InChI is InChI=1S/C17H17N5O2S/c23-9-8-14(12-4-2-1-3-5-12)20-15-7-6-13(10-18-15)16(24)21-17-22-19-11-25-17/h1-7,10-11,14,23H,8-9H2,(H,18,20)(H,21,22,24)/t14-/m1/s1. The molecule has 7 nitrogen and oxygen atoms in total. The lowest BCUT2D eigenvalue weighted by Crippen LogP contribution is -2.15. The number of nitrogens with one attached hydrogen (secondary N) is 2. The summed E-state index contributed by atoms with van der Waals surface area (Å²) in [5.74, 6) is 0.348. The highest BCUT2D eigenvalue weighted by molar-refractivity contribution is 7.13. The van der Waals surface area contributed by atoms with Gasteiger partial charge in [0.15, 0.2) is 0 Å². The summed E-state index contributed by atoms with van der Waals surface area (Å²) in [7, 11) is 0. The van der Waals surface area contributed by atoms with Crippen LogP contribution in [0.1, 0.15) is 28.4 Å². The van der Waals surface area contributed by atoms with Crippen molar-refractivity contribution in [2.45, 2.75) is 12.5 Å². The van der Waals surface area contributed by atoms with Crippen molar-refractivity contribution in [2.75, 3.05) is 17.2 Å². The van der Waals surface area contributed by atoms with Gasteiger partial charge in [-0.05, 0) is 24.1 Å². The molecule has 1 aromatic carbocycles. The van der Waals surface area contributed by atoms with Crippen LogP contribution in [0.4, 0.5) is 10.9 Å². The minimum atomic E-state index is -0.286. The van der Waals surface area contributed by atoms with Crippen LogP contribution in [0.15, 0.2) is 54.2 Å². The Morgan fingerprint density at radius 1 is 1.20 bits per heavy atom. The lowest BCUT2D eigenvalue weighted by molar-refractivity contribution is 0.102. The molecule has 1 atom stereocenters. The first kappa shape index (κ1) is 17.0. The van der Waals surface area contributed by atoms with E-state index in [9.17, 15) is 9.90 Å². The molecule has 0 radical (unpaired) electrons. The molecular weight excluding hydrogens is 338 g/mol. The number of hydrogen-bond donors (Lipinski definition) is 3. The topological polar surface area (TPSA) is 100 Å². The van der Waals surface area contributed by atoms with Gasteiger partial charge in [0, 0.05) is 12.8 Å². The van der Waals surface area contributed by atoms with Crippen LogP contribution in [0.5, 0.6) is 0 Å². The van der Waals surface area contributed by atoms with Crippen molar-refractivity contribution in [1.29, 1.82) is 0 Å². The first-order valence-corrected chi connectivity index (χ1v) is 8.60. The van der Waals surface area contributed by atoms with E-state index in [-0.39, 0.29) is 18.6 Å². The Bertz CT molecular complexity index is 794. The summed E-state index contributed by atoms with van der Waals surface area (Å²) < 4.78 is 0. The van der Waals surface area contributed by atoms with E-state index in [1.54, 1.807) is 17.6 Å². The van der Waals surface area contributed by atoms with Gasteiger partial charge in [-0.25, -0.2) is 4.98 Å². The predicted octanol–water partition coefficient (Wildman–Crippen LogP) is 2.72. The number of aliphatic hydroxyl groups excluding tert-OH is 1. The molecule has 0 saturated heterocycles. The third kappa shape index (κ3) is 4.59. The number of rotatable bonds is 7. The Kier molecular flexibility index (Phi) is 5.65. The van der Waals surface area contributed by atoms with Crippen LogP contribution >= 0.6 is 11.3 Å². The van der Waals surface area contributed by atoms with Gasteiger partial charge in [0.05, 0.1) is 11.6 Å². The van der Waals surface area contributed by atoms with Gasteiger partial charge in [0.1, 0.15) is 11.3 Å². The van der Waals surface area contributed by atoms with Gasteiger partial charge in [-0.15, -0.1) is 10.2 Å². The van der Waals surface area contributed by atoms with E-state index < -0.39 is 0 Å². The molecule has 0 aliphatic rings. The molecule has 3 N–H and O–H groups in total. The number of nitrogens with zero attached hydrogens (tertiary/aromatic N) is 3. The van der Waals surface area contributed by atoms with Crippen LogP contribution in [-0.4, -0.2) is 32.8 Å². The minimum absolute atomic E-state index is 0.0558. The van der Waals surface area contributed by atoms with Crippen molar-refractivity contribution in [1.82, 2.24) is 15.2 Å². The Labute approximate surface area is 148 Å². The van der Waals surface area contributed by atoms with Crippen molar-refractivity contribution < 1.29 is 9.90 Å². The minimum Gasteiger partial charge on any atom is -0.396 e. The van der Waals surface area contributed by atoms with Crippen molar-refractivity contribution in [3.8, 4) is 0 Å². The second kappa shape index (κ2) is 8.32. The van der Waals surface area contributed by atoms with Crippen molar-refractivity contribution in [2.24, 2.45) is 0 Å². The molecular formula is C17H17N5O2S. The van der Waals surface area contributed by atoms with Crippen LogP contribution in [0.2, 0.25) is 0 Å². The van der Waals surface area contributed by atoms with E-state index in [4.69, 9.17) is 0 Å². The average molecular weight is 355 g/mol. The largest absolute Gasteiger partial charge is 0.396 e. The van der Waals surface area contributed by atoms with Crippen LogP contribution in [0.3, 0.4) is 0 Å². The van der Waals surface area contributed by atoms with Gasteiger partial charge in [0.2, 0.25) is 5.13 Å². The van der Waals surface area contributed by atoms with Gasteiger partial charge >= 0.3 is 0 Å². The quantitative estimate of drug-likeness (QED) is 0.602. The molecule has 0 aliphatic carbocycles. The number of benzene rings is 1. The van der Waals surface area contributed by atoms with Gasteiger partial charge in [0.25, 0.3) is 5.91 Å². The molecule has 128 valence electrons. The van der Waals surface area contributed by atoms with Gasteiger partial charge < -0.3 is 10.4 Å². The fourth-order valence-corrected chi connectivity index (χ4v) is 2.77. The molecule has 3 rings (SSSR count). The first-order valence-electron chi connectivity index (χ1n) is 7.72. The lowest BCUT2D eigenvalue weighted by atomic mass is 10.0. The summed E-state index contributed by atoms with van der Waals surface area (Å²) >= 11 is 1.25. The Balaban J connectivity index is 1.67. The second-order valence-corrected chi connectivity index (χ2v) is 6.08. The molecule has 2 aromatic heterocycles. The molecule has 8 heteroatoms. The smallest absolute Gasteiger partial charge is 0.259 e. The summed E-state index contributed by atoms with van der Waals surface area (Å²) in [4.78, 5) is 16.4. The summed E-state index contributed by atoms with van der Waals surface area (Å²) in [5, 5.41) is 23.1. The zero-order valence-electron chi connectivity index (χ0n) is 13.3. The summed E-state index contributed by atoms with van der Waals surface area (Å²) in [6, 6.07) is 13.2. The van der Waals surface area contributed by atoms with Crippen LogP contribution < -0.4 is 10.6 Å². The van der Waals surface area contributed by atoms with Crippen LogP contribution in [-0.2, 0) is 0 Å². The normalized spacial score (nSPS) is 11.7. The van der Waals surface area contributed by atoms with Gasteiger partial charge in [-0.2, -0.15) is 0 Å². The Hall–Kier alpha value is -2.84. The van der Waals surface area contributed by atoms with Gasteiger partial charge in [-0.3, -0.25) is 10.1 Å². The molecule has 1 amide bonds. The highest BCUT2D eigenvalue weighted by atomic mass is 32.1. The predicted molar refractivity (Wildman–Crippen MR) is 96.6 cm³/mol.